The minimum absolute atomic E-state index is 1.56. The molecule has 0 atom stereocenters. The molecule has 0 rings (SSSR count). The van der Waals surface area contributed by atoms with Gasteiger partial charge >= 0.3 is 9.53 Å². The van der Waals surface area contributed by atoms with E-state index < -0.39 is 34.5 Å². The summed E-state index contributed by atoms with van der Waals surface area (Å²) < 4.78 is 18.3. The van der Waals surface area contributed by atoms with Crippen molar-refractivity contribution >= 4 is 34.5 Å². The normalized spacial score (nSPS) is 14.6. The van der Waals surface area contributed by atoms with Gasteiger partial charge in [0.15, 0.2) is 25.0 Å². The largest absolute Gasteiger partial charge is 0.452 e. The van der Waals surface area contributed by atoms with Crippen molar-refractivity contribution in [3.8, 4) is 0 Å². The molecular formula is C9H28O3Si4. The zero-order chi connectivity index (χ0) is 13.2. The summed E-state index contributed by atoms with van der Waals surface area (Å²) >= 11 is 0. The van der Waals surface area contributed by atoms with Crippen LogP contribution >= 0.6 is 0 Å². The van der Waals surface area contributed by atoms with Gasteiger partial charge in [-0.2, -0.15) is 0 Å². The van der Waals surface area contributed by atoms with E-state index in [1.54, 1.807) is 0 Å². The van der Waals surface area contributed by atoms with Crippen LogP contribution in [-0.4, -0.2) is 34.5 Å². The second-order valence-electron chi connectivity index (χ2n) is 6.98. The fourth-order valence-corrected chi connectivity index (χ4v) is 9.74. The van der Waals surface area contributed by atoms with Crippen molar-refractivity contribution in [2.45, 2.75) is 58.9 Å². The van der Waals surface area contributed by atoms with E-state index >= 15 is 0 Å². The second kappa shape index (κ2) is 5.59. The van der Waals surface area contributed by atoms with E-state index in [9.17, 15) is 0 Å². The Hall–Kier alpha value is 0.748. The van der Waals surface area contributed by atoms with E-state index in [4.69, 9.17) is 12.3 Å². The SMILES string of the molecule is C[Si](C)(C)O[SiH](O[Si](C)(C)C)O[Si](C)(C)C. The van der Waals surface area contributed by atoms with E-state index in [1.807, 2.05) is 0 Å². The van der Waals surface area contributed by atoms with Crippen molar-refractivity contribution in [1.82, 2.24) is 0 Å². The highest BCUT2D eigenvalue weighted by Crippen LogP contribution is 2.16. The van der Waals surface area contributed by atoms with Gasteiger partial charge in [0.25, 0.3) is 0 Å². The highest BCUT2D eigenvalue weighted by molar-refractivity contribution is 6.83. The molecule has 7 heteroatoms. The fraction of sp³-hybridized carbons (Fsp3) is 1.00. The molecule has 0 N–H and O–H groups in total. The van der Waals surface area contributed by atoms with Crippen LogP contribution < -0.4 is 0 Å². The lowest BCUT2D eigenvalue weighted by Gasteiger charge is -2.33. The Morgan fingerprint density at radius 2 is 0.688 bits per heavy atom. The highest BCUT2D eigenvalue weighted by atomic mass is 28.5. The fourth-order valence-electron chi connectivity index (χ4n) is 0.938. The van der Waals surface area contributed by atoms with Gasteiger partial charge in [0.05, 0.1) is 0 Å². The lowest BCUT2D eigenvalue weighted by Crippen LogP contribution is -2.49. The highest BCUT2D eigenvalue weighted by Gasteiger charge is 2.33. The molecule has 0 spiro atoms. The van der Waals surface area contributed by atoms with E-state index in [2.05, 4.69) is 58.9 Å². The maximum absolute atomic E-state index is 6.09. The zero-order valence-electron chi connectivity index (χ0n) is 12.3. The zero-order valence-corrected chi connectivity index (χ0v) is 16.5. The molecule has 0 unspecified atom stereocenters. The topological polar surface area (TPSA) is 27.7 Å². The summed E-state index contributed by atoms with van der Waals surface area (Å²) in [6.07, 6.45) is 0. The molecule has 0 bridgehead atoms. The summed E-state index contributed by atoms with van der Waals surface area (Å²) in [4.78, 5) is 0. The van der Waals surface area contributed by atoms with Crippen LogP contribution in [0.2, 0.25) is 58.9 Å². The average Bonchev–Trinajstić information content (AvgIpc) is 1.70. The van der Waals surface area contributed by atoms with E-state index in [0.29, 0.717) is 0 Å². The lowest BCUT2D eigenvalue weighted by molar-refractivity contribution is 0.300. The van der Waals surface area contributed by atoms with Crippen molar-refractivity contribution in [2.75, 3.05) is 0 Å². The molecule has 0 aliphatic carbocycles. The molecule has 0 aliphatic heterocycles. The Morgan fingerprint density at radius 3 is 0.812 bits per heavy atom. The number of hydrogen-bond donors (Lipinski definition) is 0. The molecule has 0 aliphatic rings. The third kappa shape index (κ3) is 11.2. The van der Waals surface area contributed by atoms with Gasteiger partial charge in [-0.25, -0.2) is 0 Å². The van der Waals surface area contributed by atoms with Crippen molar-refractivity contribution in [3.63, 3.8) is 0 Å². The van der Waals surface area contributed by atoms with Crippen LogP contribution in [0.1, 0.15) is 0 Å². The van der Waals surface area contributed by atoms with E-state index in [-0.39, 0.29) is 0 Å². The van der Waals surface area contributed by atoms with Gasteiger partial charge in [-0.1, -0.05) is 0 Å². The summed E-state index contributed by atoms with van der Waals surface area (Å²) in [5.41, 5.74) is 0. The van der Waals surface area contributed by atoms with Crippen LogP contribution in [0.15, 0.2) is 0 Å². The van der Waals surface area contributed by atoms with Crippen molar-refractivity contribution in [2.24, 2.45) is 0 Å². The summed E-state index contributed by atoms with van der Waals surface area (Å²) in [6.45, 7) is 19.7. The van der Waals surface area contributed by atoms with Crippen LogP contribution in [0.4, 0.5) is 0 Å². The van der Waals surface area contributed by atoms with Gasteiger partial charge in [-0.15, -0.1) is 0 Å². The molecule has 0 saturated heterocycles. The third-order valence-electron chi connectivity index (χ3n) is 1.35. The molecule has 0 fully saturated rings. The summed E-state index contributed by atoms with van der Waals surface area (Å²) in [7, 11) is -6.61. The van der Waals surface area contributed by atoms with Gasteiger partial charge in [0.1, 0.15) is 0 Å². The van der Waals surface area contributed by atoms with Crippen molar-refractivity contribution < 1.29 is 12.3 Å². The maximum atomic E-state index is 6.09. The minimum atomic E-state index is -1.92. The quantitative estimate of drug-likeness (QED) is 0.704. The molecule has 0 aromatic carbocycles. The first kappa shape index (κ1) is 16.7. The summed E-state index contributed by atoms with van der Waals surface area (Å²) in [6, 6.07) is 0. The first-order valence-electron chi connectivity index (χ1n) is 5.82. The molecule has 0 heterocycles. The predicted octanol–water partition coefficient (Wildman–Crippen LogP) is 3.26. The monoisotopic (exact) mass is 296 g/mol. The maximum Gasteiger partial charge on any atom is 0.452 e. The van der Waals surface area contributed by atoms with Crippen LogP contribution in [0, 0.1) is 0 Å². The van der Waals surface area contributed by atoms with Gasteiger partial charge in [0.2, 0.25) is 0 Å². The van der Waals surface area contributed by atoms with Crippen LogP contribution in [0.5, 0.6) is 0 Å². The summed E-state index contributed by atoms with van der Waals surface area (Å²) in [5, 5.41) is 0. The van der Waals surface area contributed by atoms with Crippen LogP contribution in [-0.2, 0) is 12.3 Å². The Labute approximate surface area is 106 Å². The lowest BCUT2D eigenvalue weighted by atomic mass is 11.8. The molecule has 98 valence electrons. The van der Waals surface area contributed by atoms with E-state index in [0.717, 1.165) is 0 Å². The van der Waals surface area contributed by atoms with Gasteiger partial charge < -0.3 is 12.3 Å². The van der Waals surface area contributed by atoms with Crippen molar-refractivity contribution in [1.29, 1.82) is 0 Å². The van der Waals surface area contributed by atoms with Gasteiger partial charge in [-0.05, 0) is 58.9 Å². The van der Waals surface area contributed by atoms with Gasteiger partial charge in [0, 0.05) is 0 Å². The Bertz CT molecular complexity index is 176. The minimum Gasteiger partial charge on any atom is -0.419 e. The first-order valence-corrected chi connectivity index (χ1v) is 17.5. The third-order valence-corrected chi connectivity index (χ3v) is 12.1. The molecule has 0 amide bonds. The van der Waals surface area contributed by atoms with E-state index in [1.165, 1.54) is 0 Å². The second-order valence-corrected chi connectivity index (χ2v) is 23.1. The first-order chi connectivity index (χ1) is 6.79. The van der Waals surface area contributed by atoms with Crippen LogP contribution in [0.3, 0.4) is 0 Å². The Morgan fingerprint density at radius 1 is 0.500 bits per heavy atom. The molecule has 3 nitrogen and oxygen atoms in total. The number of hydrogen-bond acceptors (Lipinski definition) is 3. The molecule has 0 radical (unpaired) electrons. The molecule has 0 saturated carbocycles. The average molecular weight is 297 g/mol. The standard InChI is InChI=1S/C9H28O3Si4/c1-14(2,3)10-13(11-15(4,5)6)12-16(7,8)9/h13H,1-9H3. The predicted molar refractivity (Wildman–Crippen MR) is 80.4 cm³/mol. The molecule has 0 aromatic rings. The number of rotatable bonds is 6. The molecule has 16 heavy (non-hydrogen) atoms. The van der Waals surface area contributed by atoms with Crippen LogP contribution in [0.25, 0.3) is 0 Å². The smallest absolute Gasteiger partial charge is 0.419 e. The Kier molecular flexibility index (Phi) is 5.85. The van der Waals surface area contributed by atoms with Gasteiger partial charge in [-0.3, -0.25) is 0 Å². The molecule has 0 aromatic heterocycles. The summed E-state index contributed by atoms with van der Waals surface area (Å²) in [5.74, 6) is 0. The Balaban J connectivity index is 4.53. The van der Waals surface area contributed by atoms with Crippen molar-refractivity contribution in [3.05, 3.63) is 0 Å². The molecular weight excluding hydrogens is 268 g/mol.